The van der Waals surface area contributed by atoms with Crippen LogP contribution in [0.25, 0.3) is 0 Å². The molecule has 0 spiro atoms. The molecule has 0 aliphatic carbocycles. The van der Waals surface area contributed by atoms with Gasteiger partial charge >= 0.3 is 0 Å². The molecule has 1 aromatic carbocycles. The molecule has 0 fully saturated rings. The van der Waals surface area contributed by atoms with Gasteiger partial charge in [-0.1, -0.05) is 12.1 Å². The first-order valence-corrected chi connectivity index (χ1v) is 4.27. The van der Waals surface area contributed by atoms with E-state index >= 15 is 0 Å². The fourth-order valence-electron chi connectivity index (χ4n) is 1.11. The molecular formula is C10H13N2O2. The van der Waals surface area contributed by atoms with Gasteiger partial charge in [0.1, 0.15) is 5.75 Å². The molecule has 75 valence electrons. The van der Waals surface area contributed by atoms with E-state index in [2.05, 4.69) is 0 Å². The summed E-state index contributed by atoms with van der Waals surface area (Å²) in [4.78, 5) is 10.6. The average molecular weight is 193 g/mol. The second-order valence-electron chi connectivity index (χ2n) is 3.02. The van der Waals surface area contributed by atoms with E-state index in [9.17, 15) is 4.79 Å². The van der Waals surface area contributed by atoms with Crippen molar-refractivity contribution in [2.45, 2.75) is 12.5 Å². The lowest BCUT2D eigenvalue weighted by Crippen LogP contribution is -2.33. The highest BCUT2D eigenvalue weighted by Crippen LogP contribution is 2.12. The molecular weight excluding hydrogens is 180 g/mol. The zero-order valence-corrected chi connectivity index (χ0v) is 7.99. The van der Waals surface area contributed by atoms with Gasteiger partial charge in [0.05, 0.1) is 13.2 Å². The topological polar surface area (TPSA) is 76.1 Å². The quantitative estimate of drug-likeness (QED) is 0.750. The highest BCUT2D eigenvalue weighted by Gasteiger charge is 2.10. The van der Waals surface area contributed by atoms with Gasteiger partial charge in [0.15, 0.2) is 0 Å². The van der Waals surface area contributed by atoms with Crippen molar-refractivity contribution in [3.05, 3.63) is 29.8 Å². The Morgan fingerprint density at radius 1 is 1.50 bits per heavy atom. The van der Waals surface area contributed by atoms with Crippen LogP contribution in [0.15, 0.2) is 24.3 Å². The van der Waals surface area contributed by atoms with Crippen molar-refractivity contribution in [1.29, 1.82) is 0 Å². The highest BCUT2D eigenvalue weighted by atomic mass is 16.5. The number of carbonyl (C=O) groups excluding carboxylic acids is 1. The van der Waals surface area contributed by atoms with Crippen molar-refractivity contribution in [2.24, 2.45) is 5.73 Å². The van der Waals surface area contributed by atoms with E-state index in [0.717, 1.165) is 11.3 Å². The number of rotatable bonds is 4. The first-order chi connectivity index (χ1) is 6.63. The van der Waals surface area contributed by atoms with Crippen LogP contribution in [0.1, 0.15) is 5.56 Å². The fraction of sp³-hybridized carbons (Fsp3) is 0.300. The van der Waals surface area contributed by atoms with Crippen molar-refractivity contribution in [2.75, 3.05) is 7.11 Å². The number of hydrogen-bond acceptors (Lipinski definition) is 3. The lowest BCUT2D eigenvalue weighted by atomic mass is 10.1. The molecule has 1 rings (SSSR count). The van der Waals surface area contributed by atoms with E-state index in [1.54, 1.807) is 19.2 Å². The molecule has 0 aromatic heterocycles. The lowest BCUT2D eigenvalue weighted by molar-refractivity contribution is -0.119. The Bertz CT molecular complexity index is 308. The number of methoxy groups -OCH3 is 1. The number of carbonyl (C=O) groups is 1. The van der Waals surface area contributed by atoms with Crippen LogP contribution in [0.2, 0.25) is 0 Å². The van der Waals surface area contributed by atoms with Gasteiger partial charge in [-0.2, -0.15) is 0 Å². The van der Waals surface area contributed by atoms with Crippen molar-refractivity contribution < 1.29 is 9.53 Å². The van der Waals surface area contributed by atoms with E-state index in [-0.39, 0.29) is 0 Å². The van der Waals surface area contributed by atoms with Crippen molar-refractivity contribution in [3.8, 4) is 5.75 Å². The van der Waals surface area contributed by atoms with Crippen LogP contribution in [0.3, 0.4) is 0 Å². The Balaban J connectivity index is 2.64. The van der Waals surface area contributed by atoms with Gasteiger partial charge in [-0.05, 0) is 24.1 Å². The summed E-state index contributed by atoms with van der Waals surface area (Å²) in [6, 6.07) is 6.54. The molecule has 4 nitrogen and oxygen atoms in total. The summed E-state index contributed by atoms with van der Waals surface area (Å²) >= 11 is 0. The van der Waals surface area contributed by atoms with Crippen molar-refractivity contribution >= 4 is 5.91 Å². The Labute approximate surface area is 82.8 Å². The minimum atomic E-state index is -0.735. The van der Waals surface area contributed by atoms with Gasteiger partial charge in [-0.15, -0.1) is 0 Å². The summed E-state index contributed by atoms with van der Waals surface area (Å²) in [7, 11) is 1.59. The van der Waals surface area contributed by atoms with Crippen molar-refractivity contribution in [3.63, 3.8) is 0 Å². The molecule has 0 bridgehead atoms. The zero-order chi connectivity index (χ0) is 10.6. The molecule has 1 radical (unpaired) electrons. The van der Waals surface area contributed by atoms with E-state index in [4.69, 9.17) is 16.2 Å². The first-order valence-electron chi connectivity index (χ1n) is 4.27. The maximum Gasteiger partial charge on any atom is 0.255 e. The predicted molar refractivity (Wildman–Crippen MR) is 52.8 cm³/mol. The summed E-state index contributed by atoms with van der Waals surface area (Å²) in [5.41, 5.74) is 13.2. The Kier molecular flexibility index (Phi) is 3.48. The molecule has 0 aliphatic rings. The van der Waals surface area contributed by atoms with Crippen LogP contribution in [0, 0.1) is 0 Å². The summed E-state index contributed by atoms with van der Waals surface area (Å²) in [6.45, 7) is 0. The third-order valence-corrected chi connectivity index (χ3v) is 1.95. The summed E-state index contributed by atoms with van der Waals surface area (Å²) in [6.07, 6.45) is 0.395. The molecule has 3 N–H and O–H groups in total. The average Bonchev–Trinajstić information content (AvgIpc) is 2.19. The Hall–Kier alpha value is -1.55. The van der Waals surface area contributed by atoms with Crippen LogP contribution in [-0.4, -0.2) is 19.1 Å². The molecule has 0 unspecified atom stereocenters. The minimum Gasteiger partial charge on any atom is -0.497 e. The standard InChI is InChI=1S/C10H13N2O2/c1-14-8-4-2-7(3-5-8)6-9(11)10(12)13/h2-5,9,12H,6,11H2,1H3/t9-/m0/s1. The first kappa shape index (κ1) is 10.5. The molecule has 14 heavy (non-hydrogen) atoms. The molecule has 0 saturated carbocycles. The number of benzene rings is 1. The third kappa shape index (κ3) is 2.74. The zero-order valence-electron chi connectivity index (χ0n) is 7.99. The van der Waals surface area contributed by atoms with Crippen molar-refractivity contribution in [1.82, 2.24) is 5.73 Å². The molecule has 1 amide bonds. The van der Waals surface area contributed by atoms with Crippen LogP contribution < -0.4 is 16.2 Å². The molecule has 0 heterocycles. The Morgan fingerprint density at radius 3 is 2.50 bits per heavy atom. The predicted octanol–water partition coefficient (Wildman–Crippen LogP) is 0.374. The number of nitrogens with one attached hydrogen (secondary N) is 1. The third-order valence-electron chi connectivity index (χ3n) is 1.95. The minimum absolute atomic E-state index is 0.395. The molecule has 0 saturated heterocycles. The normalized spacial score (nSPS) is 12.1. The highest BCUT2D eigenvalue weighted by molar-refractivity contribution is 5.79. The number of nitrogens with two attached hydrogens (primary N) is 1. The molecule has 0 aliphatic heterocycles. The van der Waals surface area contributed by atoms with E-state index < -0.39 is 11.9 Å². The maximum absolute atomic E-state index is 10.6. The largest absolute Gasteiger partial charge is 0.497 e. The SMILES string of the molecule is COc1ccc(C[C@H](N)C([NH])=O)cc1. The number of ether oxygens (including phenoxy) is 1. The smallest absolute Gasteiger partial charge is 0.255 e. The second-order valence-corrected chi connectivity index (χ2v) is 3.02. The lowest BCUT2D eigenvalue weighted by Gasteiger charge is -2.07. The van der Waals surface area contributed by atoms with Crippen LogP contribution in [-0.2, 0) is 11.2 Å². The molecule has 1 atom stereocenters. The monoisotopic (exact) mass is 193 g/mol. The van der Waals surface area contributed by atoms with Gasteiger partial charge < -0.3 is 10.5 Å². The van der Waals surface area contributed by atoms with Gasteiger partial charge in [-0.25, -0.2) is 0 Å². The summed E-state index contributed by atoms with van der Waals surface area (Å²) in [5, 5.41) is 0. The van der Waals surface area contributed by atoms with Crippen LogP contribution in [0.4, 0.5) is 0 Å². The van der Waals surface area contributed by atoms with E-state index in [0.29, 0.717) is 6.42 Å². The Morgan fingerprint density at radius 2 is 2.07 bits per heavy atom. The number of hydrogen-bond donors (Lipinski definition) is 1. The second kappa shape index (κ2) is 4.62. The fourth-order valence-corrected chi connectivity index (χ4v) is 1.11. The van der Waals surface area contributed by atoms with Gasteiger partial charge in [0.2, 0.25) is 0 Å². The van der Waals surface area contributed by atoms with Crippen LogP contribution >= 0.6 is 0 Å². The molecule has 4 heteroatoms. The number of amides is 1. The van der Waals surface area contributed by atoms with Gasteiger partial charge in [0.25, 0.3) is 5.91 Å². The molecule has 1 aromatic rings. The van der Waals surface area contributed by atoms with Crippen LogP contribution in [0.5, 0.6) is 5.75 Å². The maximum atomic E-state index is 10.6. The summed E-state index contributed by atoms with van der Waals surface area (Å²) in [5.74, 6) is 0.0281. The van der Waals surface area contributed by atoms with E-state index in [1.165, 1.54) is 0 Å². The van der Waals surface area contributed by atoms with Gasteiger partial charge in [0, 0.05) is 0 Å². The van der Waals surface area contributed by atoms with E-state index in [1.807, 2.05) is 12.1 Å². The van der Waals surface area contributed by atoms with Gasteiger partial charge in [-0.3, -0.25) is 10.5 Å². The summed E-state index contributed by atoms with van der Waals surface area (Å²) < 4.78 is 4.99.